The van der Waals surface area contributed by atoms with Crippen molar-refractivity contribution in [3.8, 4) is 11.1 Å². The van der Waals surface area contributed by atoms with E-state index < -0.39 is 0 Å². The Labute approximate surface area is 159 Å². The van der Waals surface area contributed by atoms with Crippen molar-refractivity contribution >= 4 is 11.9 Å². The minimum absolute atomic E-state index is 0.0227. The minimum atomic E-state index is -0.320. The Hall–Kier alpha value is -2.54. The van der Waals surface area contributed by atoms with Gasteiger partial charge in [-0.3, -0.25) is 9.78 Å². The Balaban J connectivity index is 1.62. The summed E-state index contributed by atoms with van der Waals surface area (Å²) in [5.41, 5.74) is 2.80. The molecule has 4 heterocycles. The van der Waals surface area contributed by atoms with E-state index in [1.807, 2.05) is 25.4 Å². The van der Waals surface area contributed by atoms with Crippen LogP contribution in [0.4, 0.5) is 5.95 Å². The molecule has 0 aliphatic carbocycles. The molecule has 0 radical (unpaired) electrons. The Kier molecular flexibility index (Phi) is 5.29. The van der Waals surface area contributed by atoms with Crippen molar-refractivity contribution in [2.24, 2.45) is 0 Å². The molecule has 2 aliphatic rings. The van der Waals surface area contributed by atoms with Crippen LogP contribution in [0.15, 0.2) is 30.7 Å². The monoisotopic (exact) mass is 367 g/mol. The minimum Gasteiger partial charge on any atom is -0.368 e. The van der Waals surface area contributed by atoms with Gasteiger partial charge in [0.25, 0.3) is 5.91 Å². The fourth-order valence-corrected chi connectivity index (χ4v) is 3.69. The SMILES string of the molecule is CN(Cc1nc(N2CCCC2)ncc1-c1ccncc1)C(=O)[C@@H]1CCCO1. The van der Waals surface area contributed by atoms with Gasteiger partial charge in [-0.15, -0.1) is 0 Å². The maximum absolute atomic E-state index is 12.7. The third-order valence-corrected chi connectivity index (χ3v) is 5.20. The molecular formula is C20H25N5O2. The van der Waals surface area contributed by atoms with Gasteiger partial charge < -0.3 is 14.5 Å². The highest BCUT2D eigenvalue weighted by atomic mass is 16.5. The van der Waals surface area contributed by atoms with Gasteiger partial charge in [-0.1, -0.05) is 0 Å². The second-order valence-corrected chi connectivity index (χ2v) is 7.16. The van der Waals surface area contributed by atoms with Gasteiger partial charge in [-0.25, -0.2) is 9.97 Å². The van der Waals surface area contributed by atoms with Gasteiger partial charge in [0.05, 0.1) is 12.2 Å². The molecular weight excluding hydrogens is 342 g/mol. The molecule has 7 heteroatoms. The second kappa shape index (κ2) is 8.00. The average Bonchev–Trinajstić information content (AvgIpc) is 3.42. The van der Waals surface area contributed by atoms with Gasteiger partial charge in [-0.05, 0) is 43.4 Å². The van der Waals surface area contributed by atoms with E-state index in [9.17, 15) is 4.79 Å². The highest BCUT2D eigenvalue weighted by Crippen LogP contribution is 2.26. The zero-order chi connectivity index (χ0) is 18.6. The van der Waals surface area contributed by atoms with Crippen molar-refractivity contribution in [3.63, 3.8) is 0 Å². The number of carbonyl (C=O) groups excluding carboxylic acids is 1. The number of aromatic nitrogens is 3. The molecule has 2 aromatic heterocycles. The maximum atomic E-state index is 12.7. The number of hydrogen-bond acceptors (Lipinski definition) is 6. The molecule has 1 atom stereocenters. The van der Waals surface area contributed by atoms with E-state index in [4.69, 9.17) is 9.72 Å². The summed E-state index contributed by atoms with van der Waals surface area (Å²) in [4.78, 5) is 30.1. The van der Waals surface area contributed by atoms with E-state index in [-0.39, 0.29) is 12.0 Å². The van der Waals surface area contributed by atoms with E-state index >= 15 is 0 Å². The van der Waals surface area contributed by atoms with E-state index in [0.29, 0.717) is 13.2 Å². The molecule has 2 aromatic rings. The zero-order valence-electron chi connectivity index (χ0n) is 15.7. The molecule has 27 heavy (non-hydrogen) atoms. The normalized spacial score (nSPS) is 19.4. The molecule has 2 fully saturated rings. The molecule has 0 unspecified atom stereocenters. The van der Waals surface area contributed by atoms with Crippen LogP contribution in [-0.4, -0.2) is 58.6 Å². The summed E-state index contributed by atoms with van der Waals surface area (Å²) >= 11 is 0. The summed E-state index contributed by atoms with van der Waals surface area (Å²) in [7, 11) is 1.82. The Morgan fingerprint density at radius 1 is 1.26 bits per heavy atom. The number of anilines is 1. The second-order valence-electron chi connectivity index (χ2n) is 7.16. The van der Waals surface area contributed by atoms with E-state index in [0.717, 1.165) is 48.7 Å². The molecule has 7 nitrogen and oxygen atoms in total. The molecule has 0 N–H and O–H groups in total. The van der Waals surface area contributed by atoms with Gasteiger partial charge in [0.2, 0.25) is 5.95 Å². The number of carbonyl (C=O) groups is 1. The zero-order valence-corrected chi connectivity index (χ0v) is 15.7. The number of nitrogens with zero attached hydrogens (tertiary/aromatic N) is 5. The number of rotatable bonds is 5. The molecule has 4 rings (SSSR count). The summed E-state index contributed by atoms with van der Waals surface area (Å²) < 4.78 is 5.55. The smallest absolute Gasteiger partial charge is 0.251 e. The molecule has 142 valence electrons. The lowest BCUT2D eigenvalue weighted by atomic mass is 10.1. The molecule has 2 aliphatic heterocycles. The van der Waals surface area contributed by atoms with Gasteiger partial charge in [0, 0.05) is 50.9 Å². The van der Waals surface area contributed by atoms with E-state index in [1.165, 1.54) is 12.8 Å². The Morgan fingerprint density at radius 3 is 2.74 bits per heavy atom. The van der Waals surface area contributed by atoms with Crippen molar-refractivity contribution in [1.29, 1.82) is 0 Å². The number of amides is 1. The topological polar surface area (TPSA) is 71.5 Å². The molecule has 0 aromatic carbocycles. The summed E-state index contributed by atoms with van der Waals surface area (Å²) in [6.45, 7) is 3.07. The van der Waals surface area contributed by atoms with Gasteiger partial charge in [-0.2, -0.15) is 0 Å². The van der Waals surface area contributed by atoms with Crippen LogP contribution >= 0.6 is 0 Å². The van der Waals surface area contributed by atoms with Crippen LogP contribution in [0, 0.1) is 0 Å². The number of likely N-dealkylation sites (N-methyl/N-ethyl adjacent to an activating group) is 1. The van der Waals surface area contributed by atoms with Crippen LogP contribution in [0.3, 0.4) is 0 Å². The number of hydrogen-bond donors (Lipinski definition) is 0. The Bertz CT molecular complexity index is 786. The molecule has 0 spiro atoms. The van der Waals surface area contributed by atoms with Gasteiger partial charge in [0.1, 0.15) is 6.10 Å². The third-order valence-electron chi connectivity index (χ3n) is 5.20. The van der Waals surface area contributed by atoms with Crippen LogP contribution < -0.4 is 4.90 Å². The quantitative estimate of drug-likeness (QED) is 0.807. The maximum Gasteiger partial charge on any atom is 0.251 e. The average molecular weight is 367 g/mol. The Morgan fingerprint density at radius 2 is 2.04 bits per heavy atom. The van der Waals surface area contributed by atoms with Crippen LogP contribution in [0.5, 0.6) is 0 Å². The van der Waals surface area contributed by atoms with Crippen molar-refractivity contribution in [2.45, 2.75) is 38.3 Å². The molecule has 0 bridgehead atoms. The lowest BCUT2D eigenvalue weighted by molar-refractivity contribution is -0.140. The largest absolute Gasteiger partial charge is 0.368 e. The van der Waals surface area contributed by atoms with Crippen LogP contribution in [0.25, 0.3) is 11.1 Å². The van der Waals surface area contributed by atoms with Crippen molar-refractivity contribution in [1.82, 2.24) is 19.9 Å². The standard InChI is InChI=1S/C20H25N5O2/c1-24(19(26)18-5-4-12-27-18)14-17-16(15-6-8-21-9-7-15)13-22-20(23-17)25-10-2-3-11-25/h6-9,13,18H,2-5,10-12,14H2,1H3/t18-/m0/s1. The predicted molar refractivity (Wildman–Crippen MR) is 102 cm³/mol. The number of ether oxygens (including phenoxy) is 1. The van der Waals surface area contributed by atoms with Gasteiger partial charge in [0.15, 0.2) is 0 Å². The summed E-state index contributed by atoms with van der Waals surface area (Å²) in [6.07, 6.45) is 9.14. The first kappa shape index (κ1) is 17.9. The summed E-state index contributed by atoms with van der Waals surface area (Å²) in [5, 5.41) is 0. The molecule has 1 amide bonds. The van der Waals surface area contributed by atoms with Gasteiger partial charge >= 0.3 is 0 Å². The summed E-state index contributed by atoms with van der Waals surface area (Å²) in [6, 6.07) is 3.89. The fourth-order valence-electron chi connectivity index (χ4n) is 3.69. The lowest BCUT2D eigenvalue weighted by Crippen LogP contribution is -2.36. The van der Waals surface area contributed by atoms with Crippen LogP contribution in [0.1, 0.15) is 31.4 Å². The highest BCUT2D eigenvalue weighted by Gasteiger charge is 2.27. The van der Waals surface area contributed by atoms with Crippen LogP contribution in [-0.2, 0) is 16.1 Å². The lowest BCUT2D eigenvalue weighted by Gasteiger charge is -2.23. The highest BCUT2D eigenvalue weighted by molar-refractivity contribution is 5.81. The van der Waals surface area contributed by atoms with Crippen molar-refractivity contribution < 1.29 is 9.53 Å². The summed E-state index contributed by atoms with van der Waals surface area (Å²) in [5.74, 6) is 0.771. The first-order valence-corrected chi connectivity index (χ1v) is 9.60. The predicted octanol–water partition coefficient (Wildman–Crippen LogP) is 2.28. The van der Waals surface area contributed by atoms with E-state index in [2.05, 4.69) is 14.9 Å². The third kappa shape index (κ3) is 3.93. The van der Waals surface area contributed by atoms with Crippen molar-refractivity contribution in [2.75, 3.05) is 31.6 Å². The first-order chi connectivity index (χ1) is 13.2. The van der Waals surface area contributed by atoms with Crippen molar-refractivity contribution in [3.05, 3.63) is 36.4 Å². The molecule has 0 saturated carbocycles. The van der Waals surface area contributed by atoms with E-state index in [1.54, 1.807) is 17.3 Å². The fraction of sp³-hybridized carbons (Fsp3) is 0.500. The first-order valence-electron chi connectivity index (χ1n) is 9.60. The van der Waals surface area contributed by atoms with Crippen LogP contribution in [0.2, 0.25) is 0 Å². The number of pyridine rings is 1. The molecule has 2 saturated heterocycles.